The van der Waals surface area contributed by atoms with E-state index < -0.39 is 26.8 Å². The van der Waals surface area contributed by atoms with Crippen molar-refractivity contribution in [3.63, 3.8) is 0 Å². The Kier molecular flexibility index (Phi) is 5.59. The van der Waals surface area contributed by atoms with Gasteiger partial charge in [0.2, 0.25) is 0 Å². The van der Waals surface area contributed by atoms with Crippen molar-refractivity contribution >= 4 is 26.8 Å². The fraction of sp³-hybridized carbons (Fsp3) is 0.333. The van der Waals surface area contributed by atoms with Crippen molar-refractivity contribution in [1.29, 1.82) is 0 Å². The molecule has 0 fully saturated rings. The fourth-order valence-corrected chi connectivity index (χ4v) is 5.64. The van der Waals surface area contributed by atoms with Gasteiger partial charge in [0.1, 0.15) is 10.9 Å². The van der Waals surface area contributed by atoms with E-state index in [2.05, 4.69) is 15.9 Å². The lowest BCUT2D eigenvalue weighted by Gasteiger charge is -2.18. The molecule has 0 N–H and O–H groups in total. The molecule has 0 aliphatic heterocycles. The summed E-state index contributed by atoms with van der Waals surface area (Å²) in [6.45, 7) is 7.27. The molecule has 1 unspecified atom stereocenters. The second-order valence-corrected chi connectivity index (χ2v) is 9.40. The predicted octanol–water partition coefficient (Wildman–Crippen LogP) is 6.92. The van der Waals surface area contributed by atoms with Crippen LogP contribution < -0.4 is 0 Å². The monoisotopic (exact) mass is 439 g/mol. The normalized spacial score (nSPS) is 13.8. The number of hydrogen-bond donors (Lipinski definition) is 0. The van der Waals surface area contributed by atoms with Crippen LogP contribution in [-0.2, 0) is 17.1 Å². The SMILES string of the molecule is Cc1cc([S+](c2cccc(C(F)(F)F)c2)C(F)(F)Br)c(C)c(C)c1C. The Bertz CT molecular complexity index is 793. The van der Waals surface area contributed by atoms with E-state index >= 15 is 0 Å². The molecular formula is C18H17BrF5S+. The number of rotatable bonds is 3. The lowest BCUT2D eigenvalue weighted by Crippen LogP contribution is -2.24. The second kappa shape index (κ2) is 6.91. The van der Waals surface area contributed by atoms with Crippen LogP contribution in [0.3, 0.4) is 0 Å². The summed E-state index contributed by atoms with van der Waals surface area (Å²) in [5, 5.41) is 0. The van der Waals surface area contributed by atoms with E-state index in [9.17, 15) is 22.0 Å². The maximum atomic E-state index is 14.4. The van der Waals surface area contributed by atoms with Gasteiger partial charge in [0.25, 0.3) is 0 Å². The van der Waals surface area contributed by atoms with Gasteiger partial charge in [-0.15, -0.1) is 8.78 Å². The molecule has 0 amide bonds. The molecule has 1 atom stereocenters. The first-order valence-corrected chi connectivity index (χ1v) is 9.41. The van der Waals surface area contributed by atoms with Crippen LogP contribution in [0.5, 0.6) is 0 Å². The van der Waals surface area contributed by atoms with Crippen molar-refractivity contribution in [2.75, 3.05) is 0 Å². The van der Waals surface area contributed by atoms with Gasteiger partial charge in [-0.05, 0) is 62.6 Å². The van der Waals surface area contributed by atoms with Crippen molar-refractivity contribution in [3.05, 3.63) is 58.1 Å². The maximum absolute atomic E-state index is 14.4. The van der Waals surface area contributed by atoms with Gasteiger partial charge in [-0.25, -0.2) is 0 Å². The number of halogens is 6. The molecule has 0 radical (unpaired) electrons. The van der Waals surface area contributed by atoms with Crippen LogP contribution in [0.1, 0.15) is 27.8 Å². The standard InChI is InChI=1S/C18H17BrF5S/c1-10-8-16(13(4)12(3)11(10)2)25(18(19,23)24)15-7-5-6-14(9-15)17(20,21)22/h5-9H,1-4H3/q+1. The largest absolute Gasteiger partial charge is 0.477 e. The Balaban J connectivity index is 2.73. The van der Waals surface area contributed by atoms with E-state index in [4.69, 9.17) is 0 Å². The van der Waals surface area contributed by atoms with Crippen molar-refractivity contribution < 1.29 is 22.0 Å². The topological polar surface area (TPSA) is 0 Å². The summed E-state index contributed by atoms with van der Waals surface area (Å²) in [5.74, 6) is 0. The fourth-order valence-electron chi connectivity index (χ4n) is 2.57. The Morgan fingerprint density at radius 2 is 1.44 bits per heavy atom. The molecule has 0 spiro atoms. The highest BCUT2D eigenvalue weighted by molar-refractivity contribution is 9.11. The van der Waals surface area contributed by atoms with Gasteiger partial charge < -0.3 is 0 Å². The van der Waals surface area contributed by atoms with Gasteiger partial charge in [-0.1, -0.05) is 6.07 Å². The zero-order valence-corrected chi connectivity index (χ0v) is 16.5. The summed E-state index contributed by atoms with van der Waals surface area (Å²) >= 11 is 2.39. The molecule has 0 saturated carbocycles. The van der Waals surface area contributed by atoms with Gasteiger partial charge in [-0.3, -0.25) is 0 Å². The number of benzene rings is 2. The maximum Gasteiger partial charge on any atom is 0.477 e. The van der Waals surface area contributed by atoms with E-state index in [0.29, 0.717) is 10.5 Å². The number of hydrogen-bond acceptors (Lipinski definition) is 0. The summed E-state index contributed by atoms with van der Waals surface area (Å²) in [5.41, 5.74) is 2.43. The average molecular weight is 440 g/mol. The van der Waals surface area contributed by atoms with Crippen molar-refractivity contribution in [2.45, 2.75) is 47.8 Å². The van der Waals surface area contributed by atoms with Crippen LogP contribution >= 0.6 is 15.9 Å². The molecule has 0 saturated heterocycles. The molecule has 0 nitrogen and oxygen atoms in total. The molecule has 2 rings (SSSR count). The second-order valence-electron chi connectivity index (χ2n) is 5.84. The van der Waals surface area contributed by atoms with Crippen molar-refractivity contribution in [3.8, 4) is 0 Å². The quantitative estimate of drug-likeness (QED) is 0.276. The zero-order chi connectivity index (χ0) is 19.2. The Morgan fingerprint density at radius 3 is 1.96 bits per heavy atom. The third-order valence-corrected chi connectivity index (χ3v) is 7.31. The molecule has 0 aliphatic carbocycles. The molecule has 0 aliphatic rings. The van der Waals surface area contributed by atoms with Gasteiger partial charge in [-0.2, -0.15) is 13.2 Å². The summed E-state index contributed by atoms with van der Waals surface area (Å²) in [6.07, 6.45) is -4.58. The van der Waals surface area contributed by atoms with E-state index in [1.807, 2.05) is 20.8 Å². The molecule has 7 heteroatoms. The lowest BCUT2D eigenvalue weighted by molar-refractivity contribution is -0.137. The van der Waals surface area contributed by atoms with E-state index in [1.165, 1.54) is 12.1 Å². The minimum atomic E-state index is -4.58. The third-order valence-electron chi connectivity index (χ3n) is 4.28. The summed E-state index contributed by atoms with van der Waals surface area (Å²) in [6, 6.07) is 5.83. The summed E-state index contributed by atoms with van der Waals surface area (Å²) in [7, 11) is -1.87. The average Bonchev–Trinajstić information content (AvgIpc) is 2.48. The molecule has 2 aromatic carbocycles. The van der Waals surface area contributed by atoms with E-state index in [0.717, 1.165) is 28.8 Å². The van der Waals surface area contributed by atoms with Crippen molar-refractivity contribution in [2.24, 2.45) is 0 Å². The molecule has 0 heterocycles. The molecule has 2 aromatic rings. The van der Waals surface area contributed by atoms with Gasteiger partial charge >= 0.3 is 10.3 Å². The first-order valence-electron chi connectivity index (χ1n) is 7.39. The Hall–Kier alpha value is -1.08. The molecule has 0 aromatic heterocycles. The predicted molar refractivity (Wildman–Crippen MR) is 94.6 cm³/mol. The third kappa shape index (κ3) is 4.19. The summed E-state index contributed by atoms with van der Waals surface area (Å²) < 4.78 is 64.4. The molecular weight excluding hydrogens is 423 g/mol. The van der Waals surface area contributed by atoms with Crippen LogP contribution in [-0.4, -0.2) is 4.16 Å². The molecule has 0 bridgehead atoms. The van der Waals surface area contributed by atoms with Crippen LogP contribution in [0.4, 0.5) is 22.0 Å². The first-order chi connectivity index (χ1) is 11.3. The highest BCUT2D eigenvalue weighted by Gasteiger charge is 2.52. The van der Waals surface area contributed by atoms with Crippen LogP contribution in [0, 0.1) is 27.7 Å². The minimum Gasteiger partial charge on any atom is -0.166 e. The van der Waals surface area contributed by atoms with Crippen LogP contribution in [0.15, 0.2) is 40.1 Å². The van der Waals surface area contributed by atoms with Gasteiger partial charge in [0.15, 0.2) is 9.79 Å². The number of alkyl halides is 6. The molecule has 136 valence electrons. The van der Waals surface area contributed by atoms with E-state index in [1.54, 1.807) is 13.0 Å². The zero-order valence-electron chi connectivity index (χ0n) is 14.1. The number of aryl methyl sites for hydroxylation is 1. The van der Waals surface area contributed by atoms with Gasteiger partial charge in [0, 0.05) is 11.6 Å². The lowest BCUT2D eigenvalue weighted by atomic mass is 10.00. The first kappa shape index (κ1) is 20.2. The smallest absolute Gasteiger partial charge is 0.166 e. The molecule has 25 heavy (non-hydrogen) atoms. The minimum absolute atomic E-state index is 0.0533. The highest BCUT2D eigenvalue weighted by atomic mass is 79.9. The van der Waals surface area contributed by atoms with E-state index in [-0.39, 0.29) is 4.90 Å². The Morgan fingerprint density at radius 1 is 0.840 bits per heavy atom. The van der Waals surface area contributed by atoms with Crippen LogP contribution in [0.2, 0.25) is 0 Å². The summed E-state index contributed by atoms with van der Waals surface area (Å²) in [4.78, 5) is 0.296. The Labute approximate surface area is 154 Å². The highest BCUT2D eigenvalue weighted by Crippen LogP contribution is 2.45. The van der Waals surface area contributed by atoms with Crippen LogP contribution in [0.25, 0.3) is 0 Å². The van der Waals surface area contributed by atoms with Crippen molar-refractivity contribution in [1.82, 2.24) is 0 Å². The van der Waals surface area contributed by atoms with Gasteiger partial charge in [0.05, 0.1) is 21.5 Å².